The van der Waals surface area contributed by atoms with Crippen LogP contribution in [0.25, 0.3) is 16.6 Å². The van der Waals surface area contributed by atoms with E-state index in [1.54, 1.807) is 0 Å². The molecule has 3 aromatic rings. The Bertz CT molecular complexity index is 1050. The molecule has 1 saturated heterocycles. The Morgan fingerprint density at radius 1 is 0.963 bits per heavy atom. The van der Waals surface area contributed by atoms with Gasteiger partial charge >= 0.3 is 0 Å². The minimum absolute atomic E-state index is 0.0649. The van der Waals surface area contributed by atoms with Gasteiger partial charge in [-0.15, -0.1) is 0 Å². The van der Waals surface area contributed by atoms with Crippen molar-refractivity contribution in [3.63, 3.8) is 0 Å². The maximum atomic E-state index is 12.3. The van der Waals surface area contributed by atoms with Crippen LogP contribution in [-0.2, 0) is 11.3 Å². The fraction of sp³-hybridized carbons (Fsp3) is 0.238. The highest BCUT2D eigenvalue weighted by molar-refractivity contribution is 6.06. The quantitative estimate of drug-likeness (QED) is 0.668. The molecule has 5 rings (SSSR count). The summed E-state index contributed by atoms with van der Waals surface area (Å²) in [4.78, 5) is 24.4. The van der Waals surface area contributed by atoms with Crippen molar-refractivity contribution in [2.75, 3.05) is 25.0 Å². The number of nitrogens with one attached hydrogen (secondary N) is 3. The first-order valence-corrected chi connectivity index (χ1v) is 9.19. The second-order valence-corrected chi connectivity index (χ2v) is 7.14. The molecule has 1 fully saturated rings. The summed E-state index contributed by atoms with van der Waals surface area (Å²) in [5, 5.41) is 9.32. The van der Waals surface area contributed by atoms with Crippen LogP contribution in [0.5, 0.6) is 0 Å². The first-order chi connectivity index (χ1) is 13.2. The molecule has 0 bridgehead atoms. The van der Waals surface area contributed by atoms with E-state index in [1.165, 1.54) is 0 Å². The number of aromatic nitrogens is 1. The fourth-order valence-corrected chi connectivity index (χ4v) is 3.80. The molecule has 0 saturated carbocycles. The number of amides is 1. The normalized spacial score (nSPS) is 16.8. The Kier molecular flexibility index (Phi) is 3.81. The van der Waals surface area contributed by atoms with Crippen LogP contribution in [0.4, 0.5) is 5.69 Å². The third-order valence-electron chi connectivity index (χ3n) is 5.43. The van der Waals surface area contributed by atoms with Crippen molar-refractivity contribution in [3.8, 4) is 11.1 Å². The van der Waals surface area contributed by atoms with Gasteiger partial charge < -0.3 is 20.4 Å². The summed E-state index contributed by atoms with van der Waals surface area (Å²) >= 11 is 0. The number of hydrogen-bond donors (Lipinski definition) is 3. The van der Waals surface area contributed by atoms with E-state index >= 15 is 0 Å². The average Bonchev–Trinajstić information content (AvgIpc) is 2.98. The van der Waals surface area contributed by atoms with Crippen molar-refractivity contribution >= 4 is 22.9 Å². The molecule has 0 unspecified atom stereocenters. The lowest BCUT2D eigenvalue weighted by Crippen LogP contribution is -2.48. The number of carbonyl (C=O) groups excluding carboxylic acids is 2. The maximum absolute atomic E-state index is 12.3. The van der Waals surface area contributed by atoms with Crippen LogP contribution >= 0.6 is 0 Å². The van der Waals surface area contributed by atoms with E-state index in [0.717, 1.165) is 46.5 Å². The highest BCUT2D eigenvalue weighted by atomic mass is 16.2. The molecule has 3 N–H and O–H groups in total. The van der Waals surface area contributed by atoms with E-state index in [4.69, 9.17) is 0 Å². The Morgan fingerprint density at radius 2 is 1.70 bits per heavy atom. The predicted molar refractivity (Wildman–Crippen MR) is 104 cm³/mol. The number of nitrogens with zero attached hydrogens (tertiary/aromatic N) is 1. The molecule has 1 aromatic carbocycles. The molecule has 2 aliphatic rings. The summed E-state index contributed by atoms with van der Waals surface area (Å²) in [6.07, 6.45) is 3.94. The van der Waals surface area contributed by atoms with Crippen molar-refractivity contribution in [3.05, 3.63) is 59.9 Å². The molecule has 0 spiro atoms. The maximum Gasteiger partial charge on any atom is 0.230 e. The number of benzene rings is 1. The Balaban J connectivity index is 1.50. The van der Waals surface area contributed by atoms with Gasteiger partial charge in [0.15, 0.2) is 5.78 Å². The lowest BCUT2D eigenvalue weighted by atomic mass is 9.98. The minimum Gasteiger partial charge on any atom is -0.326 e. The van der Waals surface area contributed by atoms with E-state index < -0.39 is 0 Å². The third kappa shape index (κ3) is 2.74. The van der Waals surface area contributed by atoms with E-state index in [9.17, 15) is 9.59 Å². The zero-order valence-corrected chi connectivity index (χ0v) is 14.8. The largest absolute Gasteiger partial charge is 0.326 e. The summed E-state index contributed by atoms with van der Waals surface area (Å²) in [5.74, 6) is 0.253. The number of ketones is 1. The number of rotatable bonds is 3. The number of pyridine rings is 1. The molecule has 27 heavy (non-hydrogen) atoms. The van der Waals surface area contributed by atoms with Gasteiger partial charge in [-0.3, -0.25) is 9.59 Å². The van der Waals surface area contributed by atoms with Gasteiger partial charge in [-0.25, -0.2) is 0 Å². The van der Waals surface area contributed by atoms with Crippen LogP contribution in [0.1, 0.15) is 15.9 Å². The summed E-state index contributed by atoms with van der Waals surface area (Å²) in [6.45, 7) is 2.50. The second-order valence-electron chi connectivity index (χ2n) is 7.14. The Morgan fingerprint density at radius 3 is 2.41 bits per heavy atom. The smallest absolute Gasteiger partial charge is 0.230 e. The van der Waals surface area contributed by atoms with Crippen molar-refractivity contribution in [1.82, 2.24) is 15.0 Å². The second kappa shape index (κ2) is 6.33. The van der Waals surface area contributed by atoms with Gasteiger partial charge in [0, 0.05) is 43.3 Å². The molecular formula is C21H20N4O2. The summed E-state index contributed by atoms with van der Waals surface area (Å²) in [5.41, 5.74) is 5.86. The van der Waals surface area contributed by atoms with Crippen molar-refractivity contribution in [2.45, 2.75) is 6.54 Å². The van der Waals surface area contributed by atoms with Gasteiger partial charge in [0.2, 0.25) is 5.91 Å². The van der Waals surface area contributed by atoms with Gasteiger partial charge in [0.05, 0.1) is 18.0 Å². The highest BCUT2D eigenvalue weighted by Gasteiger charge is 2.25. The van der Waals surface area contributed by atoms with E-state index in [0.29, 0.717) is 13.1 Å². The van der Waals surface area contributed by atoms with Crippen LogP contribution in [0.3, 0.4) is 0 Å². The van der Waals surface area contributed by atoms with Gasteiger partial charge in [0.1, 0.15) is 0 Å². The third-order valence-corrected chi connectivity index (χ3v) is 5.43. The Labute approximate surface area is 156 Å². The van der Waals surface area contributed by atoms with Gasteiger partial charge in [0.25, 0.3) is 0 Å². The van der Waals surface area contributed by atoms with Crippen LogP contribution in [0.2, 0.25) is 0 Å². The number of anilines is 1. The molecule has 4 heterocycles. The summed E-state index contributed by atoms with van der Waals surface area (Å²) in [6, 6.07) is 11.9. The summed E-state index contributed by atoms with van der Waals surface area (Å²) in [7, 11) is 0. The molecule has 2 aliphatic heterocycles. The SMILES string of the molecule is O=C1CNCc2c(-c3ccc(NC(=O)C4CNC4)cc3)ccn3ccc1c23. The molecule has 0 radical (unpaired) electrons. The van der Waals surface area contributed by atoms with Crippen LogP contribution in [0, 0.1) is 5.92 Å². The lowest BCUT2D eigenvalue weighted by Gasteiger charge is -2.25. The van der Waals surface area contributed by atoms with Crippen LogP contribution in [-0.4, -0.2) is 35.7 Å². The first-order valence-electron chi connectivity index (χ1n) is 9.19. The standard InChI is InChI=1S/C21H20N4O2/c26-19-12-23-11-18-16(5-7-25-8-6-17(19)20(18)25)13-1-3-15(4-2-13)24-21(27)14-9-22-10-14/h1-8,14,22-23H,9-12H2,(H,24,27). The van der Waals surface area contributed by atoms with Gasteiger partial charge in [-0.05, 0) is 41.0 Å². The van der Waals surface area contributed by atoms with Crippen molar-refractivity contribution in [2.24, 2.45) is 5.92 Å². The molecule has 136 valence electrons. The van der Waals surface area contributed by atoms with Crippen molar-refractivity contribution < 1.29 is 9.59 Å². The molecule has 2 aromatic heterocycles. The number of hydrogen-bond acceptors (Lipinski definition) is 4. The molecule has 6 nitrogen and oxygen atoms in total. The number of carbonyl (C=O) groups is 2. The van der Waals surface area contributed by atoms with Crippen LogP contribution in [0.15, 0.2) is 48.8 Å². The van der Waals surface area contributed by atoms with E-state index in [-0.39, 0.29) is 17.6 Å². The van der Waals surface area contributed by atoms with Crippen LogP contribution < -0.4 is 16.0 Å². The average molecular weight is 360 g/mol. The van der Waals surface area contributed by atoms with Gasteiger partial charge in [-0.1, -0.05) is 12.1 Å². The van der Waals surface area contributed by atoms with E-state index in [2.05, 4.69) is 22.0 Å². The number of Topliss-reactive ketones (excluding diaryl/α,β-unsaturated/α-hetero) is 1. The predicted octanol–water partition coefficient (Wildman–Crippen LogP) is 2.05. The topological polar surface area (TPSA) is 74.6 Å². The minimum atomic E-state index is 0.0649. The zero-order valence-electron chi connectivity index (χ0n) is 14.8. The Hall–Kier alpha value is -2.96. The zero-order chi connectivity index (χ0) is 18.4. The van der Waals surface area contributed by atoms with E-state index in [1.807, 2.05) is 47.1 Å². The first kappa shape index (κ1) is 16.2. The van der Waals surface area contributed by atoms with Crippen molar-refractivity contribution in [1.29, 1.82) is 0 Å². The lowest BCUT2D eigenvalue weighted by molar-refractivity contribution is -0.121. The molecular weight excluding hydrogens is 340 g/mol. The fourth-order valence-electron chi connectivity index (χ4n) is 3.80. The molecule has 1 amide bonds. The monoisotopic (exact) mass is 360 g/mol. The summed E-state index contributed by atoms with van der Waals surface area (Å²) < 4.78 is 2.01. The molecule has 0 atom stereocenters. The molecule has 6 heteroatoms. The highest BCUT2D eigenvalue weighted by Crippen LogP contribution is 2.31. The molecule has 0 aliphatic carbocycles. The van der Waals surface area contributed by atoms with Gasteiger partial charge in [-0.2, -0.15) is 0 Å².